The van der Waals surface area contributed by atoms with Crippen LogP contribution in [-0.4, -0.2) is 55.5 Å². The molecule has 1 aliphatic heterocycles. The minimum Gasteiger partial charge on any atom is -0.465 e. The molecule has 0 saturated carbocycles. The van der Waals surface area contributed by atoms with Crippen molar-refractivity contribution in [2.45, 2.75) is 25.9 Å². The first kappa shape index (κ1) is 14.1. The van der Waals surface area contributed by atoms with Crippen LogP contribution in [0.4, 0.5) is 0 Å². The fourth-order valence-corrected chi connectivity index (χ4v) is 2.40. The lowest BCUT2D eigenvalue weighted by Gasteiger charge is -2.19. The number of rotatable bonds is 5. The smallest absolute Gasteiger partial charge is 0.234 e. The second kappa shape index (κ2) is 6.21. The van der Waals surface area contributed by atoms with Gasteiger partial charge >= 0.3 is 0 Å². The summed E-state index contributed by atoms with van der Waals surface area (Å²) in [5, 5.41) is 2.90. The number of amides is 1. The van der Waals surface area contributed by atoms with Gasteiger partial charge in [0, 0.05) is 19.1 Å². The van der Waals surface area contributed by atoms with Crippen LogP contribution in [0.1, 0.15) is 17.9 Å². The number of likely N-dealkylation sites (tertiary alicyclic amines) is 1. The van der Waals surface area contributed by atoms with Gasteiger partial charge in [-0.1, -0.05) is 0 Å². The molecule has 1 aromatic rings. The predicted octanol–water partition coefficient (Wildman–Crippen LogP) is 0.840. The van der Waals surface area contributed by atoms with Crippen LogP contribution in [0.5, 0.6) is 0 Å². The number of carbonyl (C=O) groups excluding carboxylic acids is 1. The molecule has 1 amide bonds. The minimum atomic E-state index is 0.0634. The van der Waals surface area contributed by atoms with Crippen molar-refractivity contribution >= 4 is 5.91 Å². The predicted molar refractivity (Wildman–Crippen MR) is 73.8 cm³/mol. The Balaban J connectivity index is 1.70. The largest absolute Gasteiger partial charge is 0.465 e. The molecule has 0 aromatic carbocycles. The first-order chi connectivity index (χ1) is 9.04. The van der Waals surface area contributed by atoms with Gasteiger partial charge in [-0.2, -0.15) is 0 Å². The average molecular weight is 265 g/mol. The summed E-state index contributed by atoms with van der Waals surface area (Å²) in [4.78, 5) is 16.3. The summed E-state index contributed by atoms with van der Waals surface area (Å²) in [6.45, 7) is 4.81. The normalized spacial score (nSPS) is 20.1. The highest BCUT2D eigenvalue weighted by molar-refractivity contribution is 5.77. The fraction of sp³-hybridized carbons (Fsp3) is 0.643. The summed E-state index contributed by atoms with van der Waals surface area (Å²) in [7, 11) is 4.18. The standard InChI is InChI=1S/C14H23N3O2/c1-11-4-5-13(19-11)8-15-14(18)10-17-7-6-12(9-17)16(2)3/h4-5,12H,6-10H2,1-3H3,(H,15,18)/t12-/m0/s1. The van der Waals surface area contributed by atoms with E-state index in [2.05, 4.69) is 29.2 Å². The van der Waals surface area contributed by atoms with E-state index < -0.39 is 0 Å². The highest BCUT2D eigenvalue weighted by Gasteiger charge is 2.25. The topological polar surface area (TPSA) is 48.7 Å². The number of nitrogens with zero attached hydrogens (tertiary/aromatic N) is 2. The average Bonchev–Trinajstić information content (AvgIpc) is 2.96. The Morgan fingerprint density at radius 2 is 2.32 bits per heavy atom. The molecule has 19 heavy (non-hydrogen) atoms. The molecule has 0 spiro atoms. The van der Waals surface area contributed by atoms with Gasteiger partial charge < -0.3 is 14.6 Å². The van der Waals surface area contributed by atoms with Crippen molar-refractivity contribution in [1.29, 1.82) is 0 Å². The van der Waals surface area contributed by atoms with Crippen LogP contribution < -0.4 is 5.32 Å². The summed E-state index contributed by atoms with van der Waals surface area (Å²) in [6, 6.07) is 4.37. The van der Waals surface area contributed by atoms with Gasteiger partial charge in [-0.25, -0.2) is 0 Å². The van der Waals surface area contributed by atoms with Gasteiger partial charge in [0.1, 0.15) is 11.5 Å². The maximum atomic E-state index is 11.8. The van der Waals surface area contributed by atoms with Crippen LogP contribution in [0.3, 0.4) is 0 Å². The number of hydrogen-bond donors (Lipinski definition) is 1. The number of carbonyl (C=O) groups is 1. The van der Waals surface area contributed by atoms with Gasteiger partial charge in [0.2, 0.25) is 5.91 Å². The molecule has 0 unspecified atom stereocenters. The number of likely N-dealkylation sites (N-methyl/N-ethyl adjacent to an activating group) is 1. The van der Waals surface area contributed by atoms with E-state index in [-0.39, 0.29) is 5.91 Å². The van der Waals surface area contributed by atoms with Crippen LogP contribution >= 0.6 is 0 Å². The van der Waals surface area contributed by atoms with Gasteiger partial charge in [-0.05, 0) is 39.6 Å². The SMILES string of the molecule is Cc1ccc(CNC(=O)CN2CC[C@H](N(C)C)C2)o1. The van der Waals surface area contributed by atoms with Gasteiger partial charge in [0.05, 0.1) is 13.1 Å². The zero-order valence-electron chi connectivity index (χ0n) is 12.0. The number of aryl methyl sites for hydroxylation is 1. The molecule has 0 radical (unpaired) electrons. The van der Waals surface area contributed by atoms with E-state index >= 15 is 0 Å². The van der Waals surface area contributed by atoms with Crippen molar-refractivity contribution in [3.8, 4) is 0 Å². The second-order valence-corrected chi connectivity index (χ2v) is 5.43. The van der Waals surface area contributed by atoms with Crippen molar-refractivity contribution in [3.63, 3.8) is 0 Å². The minimum absolute atomic E-state index is 0.0634. The Morgan fingerprint density at radius 3 is 2.89 bits per heavy atom. The molecule has 5 heteroatoms. The molecule has 2 heterocycles. The molecule has 5 nitrogen and oxygen atoms in total. The third kappa shape index (κ3) is 4.08. The molecular formula is C14H23N3O2. The number of furan rings is 1. The molecule has 1 N–H and O–H groups in total. The number of hydrogen-bond acceptors (Lipinski definition) is 4. The molecule has 1 saturated heterocycles. The summed E-state index contributed by atoms with van der Waals surface area (Å²) in [6.07, 6.45) is 1.14. The number of nitrogens with one attached hydrogen (secondary N) is 1. The lowest BCUT2D eigenvalue weighted by atomic mass is 10.2. The summed E-state index contributed by atoms with van der Waals surface area (Å²) in [5.74, 6) is 1.74. The van der Waals surface area contributed by atoms with Crippen molar-refractivity contribution < 1.29 is 9.21 Å². The van der Waals surface area contributed by atoms with Crippen LogP contribution in [0, 0.1) is 6.92 Å². The van der Waals surface area contributed by atoms with E-state index in [1.165, 1.54) is 0 Å². The molecule has 1 aromatic heterocycles. The van der Waals surface area contributed by atoms with Crippen LogP contribution in [-0.2, 0) is 11.3 Å². The maximum absolute atomic E-state index is 11.8. The van der Waals surface area contributed by atoms with Gasteiger partial charge in [-0.3, -0.25) is 9.69 Å². The first-order valence-electron chi connectivity index (χ1n) is 6.75. The summed E-state index contributed by atoms with van der Waals surface area (Å²) >= 11 is 0. The molecule has 2 rings (SSSR count). The molecule has 1 atom stereocenters. The van der Waals surface area contributed by atoms with Gasteiger partial charge in [-0.15, -0.1) is 0 Å². The highest BCUT2D eigenvalue weighted by atomic mass is 16.3. The third-order valence-electron chi connectivity index (χ3n) is 3.60. The summed E-state index contributed by atoms with van der Waals surface area (Å²) < 4.78 is 5.42. The Morgan fingerprint density at radius 1 is 1.53 bits per heavy atom. The molecule has 0 bridgehead atoms. The van der Waals surface area contributed by atoms with Crippen molar-refractivity contribution in [3.05, 3.63) is 23.7 Å². The van der Waals surface area contributed by atoms with Crippen molar-refractivity contribution in [2.75, 3.05) is 33.7 Å². The van der Waals surface area contributed by atoms with E-state index in [0.717, 1.165) is 31.0 Å². The monoisotopic (exact) mass is 265 g/mol. The molecular weight excluding hydrogens is 242 g/mol. The van der Waals surface area contributed by atoms with E-state index in [1.54, 1.807) is 0 Å². The quantitative estimate of drug-likeness (QED) is 0.857. The molecule has 106 valence electrons. The summed E-state index contributed by atoms with van der Waals surface area (Å²) in [5.41, 5.74) is 0. The fourth-order valence-electron chi connectivity index (χ4n) is 2.40. The Kier molecular flexibility index (Phi) is 4.61. The zero-order chi connectivity index (χ0) is 13.8. The second-order valence-electron chi connectivity index (χ2n) is 5.43. The molecule has 1 aliphatic rings. The zero-order valence-corrected chi connectivity index (χ0v) is 12.0. The maximum Gasteiger partial charge on any atom is 0.234 e. The van der Waals surface area contributed by atoms with E-state index in [4.69, 9.17) is 4.42 Å². The Hall–Kier alpha value is -1.33. The van der Waals surface area contributed by atoms with Gasteiger partial charge in [0.25, 0.3) is 0 Å². The highest BCUT2D eigenvalue weighted by Crippen LogP contribution is 2.12. The van der Waals surface area contributed by atoms with Crippen LogP contribution in [0.25, 0.3) is 0 Å². The van der Waals surface area contributed by atoms with Crippen molar-refractivity contribution in [2.24, 2.45) is 0 Å². The lowest BCUT2D eigenvalue weighted by Crippen LogP contribution is -2.38. The van der Waals surface area contributed by atoms with E-state index in [1.807, 2.05) is 19.1 Å². The van der Waals surface area contributed by atoms with Crippen LogP contribution in [0.2, 0.25) is 0 Å². The first-order valence-corrected chi connectivity index (χ1v) is 6.75. The lowest BCUT2D eigenvalue weighted by molar-refractivity contribution is -0.122. The molecule has 1 fully saturated rings. The Labute approximate surface area is 114 Å². The Bertz CT molecular complexity index is 428. The van der Waals surface area contributed by atoms with E-state index in [9.17, 15) is 4.79 Å². The van der Waals surface area contributed by atoms with Crippen LogP contribution in [0.15, 0.2) is 16.5 Å². The van der Waals surface area contributed by atoms with E-state index in [0.29, 0.717) is 19.1 Å². The van der Waals surface area contributed by atoms with Gasteiger partial charge in [0.15, 0.2) is 0 Å². The van der Waals surface area contributed by atoms with Crippen molar-refractivity contribution in [1.82, 2.24) is 15.1 Å². The third-order valence-corrected chi connectivity index (χ3v) is 3.60. The molecule has 0 aliphatic carbocycles.